The van der Waals surface area contributed by atoms with Crippen LogP contribution >= 0.6 is 23.2 Å². The number of allylic oxidation sites excluding steroid dienone is 3. The van der Waals surface area contributed by atoms with E-state index in [2.05, 4.69) is 125 Å². The molecule has 0 aromatic carbocycles. The monoisotopic (exact) mass is 1010 g/mol. The van der Waals surface area contributed by atoms with Crippen LogP contribution in [-0.4, -0.2) is 104 Å². The van der Waals surface area contributed by atoms with E-state index < -0.39 is 0 Å². The second-order valence-corrected chi connectivity index (χ2v) is 19.4. The summed E-state index contributed by atoms with van der Waals surface area (Å²) in [6.07, 6.45) is 25.7. The van der Waals surface area contributed by atoms with E-state index in [0.29, 0.717) is 35.5 Å². The molecule has 2 aliphatic rings. The van der Waals surface area contributed by atoms with Crippen molar-refractivity contribution < 1.29 is 0 Å². The third kappa shape index (κ3) is 18.9. The highest BCUT2D eigenvalue weighted by molar-refractivity contribution is 6.31. The standard InChI is InChI=1S/C20H34ClN5.C19H34ClN5.2C9H11N/c1-5-12-22-15-17-20(21)26-18(10-9-11-19(26)24-17)23-13-14-25(8-4)16(6-2)7-3;1-7-10-11-18(22-13-16(9-3)24(5)6)25-15(4)23-17(19(25)20)14-21-12-8-2;2*1-2-6-9-8(4-1)5-3-7-10-9/h9-11,16,22-23H,5-8,12-15H2,1-4H3;7,10-11,16,21-22H,8-9,12-14H2,1-6H3;2*3,5,7H,1-2,4,6H2/b;10-7-,18-11-;;. The molecule has 0 spiro atoms. The summed E-state index contributed by atoms with van der Waals surface area (Å²) in [7, 11) is 4.22. The Morgan fingerprint density at radius 2 is 1.30 bits per heavy atom. The van der Waals surface area contributed by atoms with Gasteiger partial charge in [-0.15, -0.1) is 0 Å². The average Bonchev–Trinajstić information content (AvgIpc) is 3.87. The molecule has 392 valence electrons. The summed E-state index contributed by atoms with van der Waals surface area (Å²) in [6, 6.07) is 15.7. The lowest BCUT2D eigenvalue weighted by Crippen LogP contribution is -2.37. The number of hydrogen-bond acceptors (Lipinski definition) is 10. The summed E-state index contributed by atoms with van der Waals surface area (Å²) in [5.41, 5.74) is 8.27. The molecule has 0 aliphatic heterocycles. The van der Waals surface area contributed by atoms with Crippen LogP contribution in [0.5, 0.6) is 0 Å². The molecule has 5 heterocycles. The van der Waals surface area contributed by atoms with Gasteiger partial charge in [0, 0.05) is 68.6 Å². The van der Waals surface area contributed by atoms with Crippen LogP contribution < -0.4 is 21.3 Å². The molecular formula is C57H90Cl2N12. The molecule has 0 fully saturated rings. The summed E-state index contributed by atoms with van der Waals surface area (Å²) >= 11 is 13.3. The molecule has 7 rings (SSSR count). The normalized spacial score (nSPS) is 13.8. The van der Waals surface area contributed by atoms with E-state index in [1.807, 2.05) is 77.7 Å². The van der Waals surface area contributed by atoms with Crippen LogP contribution in [-0.2, 0) is 38.8 Å². The molecule has 2 aliphatic carbocycles. The van der Waals surface area contributed by atoms with Crippen molar-refractivity contribution in [2.24, 2.45) is 0 Å². The molecule has 0 bridgehead atoms. The maximum absolute atomic E-state index is 6.64. The predicted octanol–water partition coefficient (Wildman–Crippen LogP) is 12.0. The maximum Gasteiger partial charge on any atom is 0.139 e. The van der Waals surface area contributed by atoms with Gasteiger partial charge in [-0.25, -0.2) is 9.97 Å². The highest BCUT2D eigenvalue weighted by Crippen LogP contribution is 2.25. The van der Waals surface area contributed by atoms with Gasteiger partial charge in [-0.05, 0) is 173 Å². The Morgan fingerprint density at radius 1 is 0.718 bits per heavy atom. The summed E-state index contributed by atoms with van der Waals surface area (Å²) in [6.45, 7) is 24.4. The van der Waals surface area contributed by atoms with Crippen molar-refractivity contribution in [2.75, 3.05) is 58.7 Å². The Morgan fingerprint density at radius 3 is 1.82 bits per heavy atom. The fourth-order valence-electron chi connectivity index (χ4n) is 9.19. The number of fused-ring (bicyclic) bond motifs is 3. The van der Waals surface area contributed by atoms with Gasteiger partial charge in [-0.1, -0.05) is 95.1 Å². The van der Waals surface area contributed by atoms with Crippen molar-refractivity contribution in [1.82, 2.24) is 54.7 Å². The van der Waals surface area contributed by atoms with Crippen LogP contribution in [0.25, 0.3) is 11.5 Å². The van der Waals surface area contributed by atoms with Gasteiger partial charge in [-0.3, -0.25) is 23.8 Å². The first-order valence-electron chi connectivity index (χ1n) is 26.9. The smallest absolute Gasteiger partial charge is 0.139 e. The molecule has 0 saturated carbocycles. The molecule has 0 saturated heterocycles. The fraction of sp³-hybridized carbons (Fsp3) is 0.579. The van der Waals surface area contributed by atoms with Crippen LogP contribution in [0.15, 0.2) is 73.1 Å². The molecule has 4 N–H and O–H groups in total. The first kappa shape index (κ1) is 59.3. The summed E-state index contributed by atoms with van der Waals surface area (Å²) in [5.74, 6) is 2.84. The van der Waals surface area contributed by atoms with Gasteiger partial charge in [0.25, 0.3) is 0 Å². The van der Waals surface area contributed by atoms with E-state index >= 15 is 0 Å². The lowest BCUT2D eigenvalue weighted by atomic mass is 9.96. The zero-order valence-electron chi connectivity index (χ0n) is 45.3. The van der Waals surface area contributed by atoms with Crippen molar-refractivity contribution >= 4 is 40.5 Å². The predicted molar refractivity (Wildman–Crippen MR) is 303 cm³/mol. The SMILES string of the molecule is C/C=C\C=C(\NCC(CC)N(C)C)n1c(C)nc(CNCCC)c1Cl.CCCNCc1nc2cccc(NCCN(CC)C(CC)CC)n2c1Cl.c1cnc2c(c1)CCCC2.c1cnc2c(c1)CCCC2. The fourth-order valence-corrected chi connectivity index (χ4v) is 9.80. The van der Waals surface area contributed by atoms with E-state index in [4.69, 9.17) is 23.2 Å². The van der Waals surface area contributed by atoms with Crippen LogP contribution in [0.1, 0.15) is 146 Å². The van der Waals surface area contributed by atoms with Crippen molar-refractivity contribution in [2.45, 2.75) is 164 Å². The molecule has 71 heavy (non-hydrogen) atoms. The van der Waals surface area contributed by atoms with Gasteiger partial charge >= 0.3 is 0 Å². The zero-order valence-corrected chi connectivity index (χ0v) is 46.8. The Bertz CT molecular complexity index is 2210. The number of likely N-dealkylation sites (N-methyl/N-ethyl adjacent to an activating group) is 2. The molecule has 1 unspecified atom stereocenters. The molecule has 0 amide bonds. The van der Waals surface area contributed by atoms with Crippen molar-refractivity contribution in [1.29, 1.82) is 0 Å². The minimum absolute atomic E-state index is 0.460. The topological polar surface area (TPSA) is 116 Å². The number of halogens is 2. The number of imidazole rings is 2. The van der Waals surface area contributed by atoms with E-state index in [9.17, 15) is 0 Å². The van der Waals surface area contributed by atoms with E-state index in [1.165, 1.54) is 86.7 Å². The number of rotatable bonds is 23. The van der Waals surface area contributed by atoms with E-state index in [0.717, 1.165) is 93.0 Å². The number of anilines is 1. The number of nitrogens with one attached hydrogen (secondary N) is 4. The Kier molecular flexibility index (Phi) is 27.9. The van der Waals surface area contributed by atoms with Gasteiger partial charge in [0.15, 0.2) is 0 Å². The van der Waals surface area contributed by atoms with Gasteiger partial charge in [0.05, 0.1) is 11.4 Å². The van der Waals surface area contributed by atoms with Crippen molar-refractivity contribution in [3.63, 3.8) is 0 Å². The Labute approximate surface area is 438 Å². The lowest BCUT2D eigenvalue weighted by Gasteiger charge is -2.29. The van der Waals surface area contributed by atoms with Gasteiger partial charge in [0.1, 0.15) is 33.4 Å². The second kappa shape index (κ2) is 33.4. The Hall–Kier alpha value is -4.30. The second-order valence-electron chi connectivity index (χ2n) is 18.7. The highest BCUT2D eigenvalue weighted by atomic mass is 35.5. The van der Waals surface area contributed by atoms with Crippen LogP contribution in [0.2, 0.25) is 10.3 Å². The van der Waals surface area contributed by atoms with Gasteiger partial charge in [-0.2, -0.15) is 0 Å². The quantitative estimate of drug-likeness (QED) is 0.0372. The third-order valence-electron chi connectivity index (χ3n) is 13.3. The lowest BCUT2D eigenvalue weighted by molar-refractivity contribution is 0.203. The molecule has 1 atom stereocenters. The molecule has 5 aromatic rings. The number of pyridine rings is 3. The summed E-state index contributed by atoms with van der Waals surface area (Å²) in [4.78, 5) is 22.7. The molecule has 5 aromatic heterocycles. The number of aromatic nitrogens is 6. The number of hydrogen-bond donors (Lipinski definition) is 4. The van der Waals surface area contributed by atoms with Crippen LogP contribution in [0, 0.1) is 6.92 Å². The van der Waals surface area contributed by atoms with Crippen molar-refractivity contribution in [3.05, 3.63) is 123 Å². The largest absolute Gasteiger partial charge is 0.370 e. The van der Waals surface area contributed by atoms with Gasteiger partial charge < -0.3 is 26.2 Å². The van der Waals surface area contributed by atoms with E-state index in [1.54, 1.807) is 0 Å². The number of nitrogens with zero attached hydrogens (tertiary/aromatic N) is 8. The van der Waals surface area contributed by atoms with Crippen molar-refractivity contribution in [3.8, 4) is 0 Å². The van der Waals surface area contributed by atoms with Crippen LogP contribution in [0.4, 0.5) is 5.82 Å². The number of aryl methyl sites for hydroxylation is 5. The molecule has 14 heteroatoms. The Balaban J connectivity index is 0.000000223. The minimum atomic E-state index is 0.460. The summed E-state index contributed by atoms with van der Waals surface area (Å²) < 4.78 is 4.00. The first-order chi connectivity index (χ1) is 34.5. The third-order valence-corrected chi connectivity index (χ3v) is 14.1. The zero-order chi connectivity index (χ0) is 51.4. The van der Waals surface area contributed by atoms with E-state index in [-0.39, 0.29) is 0 Å². The maximum atomic E-state index is 6.64. The highest BCUT2D eigenvalue weighted by Gasteiger charge is 2.18. The molecule has 12 nitrogen and oxygen atoms in total. The molecule has 0 radical (unpaired) electrons. The summed E-state index contributed by atoms with van der Waals surface area (Å²) in [5, 5.41) is 15.2. The van der Waals surface area contributed by atoms with Crippen LogP contribution in [0.3, 0.4) is 0 Å². The minimum Gasteiger partial charge on any atom is -0.370 e. The first-order valence-corrected chi connectivity index (χ1v) is 27.7. The van der Waals surface area contributed by atoms with Gasteiger partial charge in [0.2, 0.25) is 0 Å². The molecular weight excluding hydrogens is 924 g/mol. The average molecular weight is 1010 g/mol.